The first-order valence-corrected chi connectivity index (χ1v) is 8.59. The van der Waals surface area contributed by atoms with Gasteiger partial charge in [0.1, 0.15) is 0 Å². The second kappa shape index (κ2) is 5.56. The number of hydrazine groups is 2. The van der Waals surface area contributed by atoms with E-state index >= 15 is 0 Å². The summed E-state index contributed by atoms with van der Waals surface area (Å²) in [4.78, 5) is 1.15. The predicted molar refractivity (Wildman–Crippen MR) is 109 cm³/mol. The summed E-state index contributed by atoms with van der Waals surface area (Å²) < 4.78 is 0. The van der Waals surface area contributed by atoms with E-state index in [1.165, 1.54) is 7.05 Å². The fourth-order valence-corrected chi connectivity index (χ4v) is 4.35. The van der Waals surface area contributed by atoms with Crippen molar-refractivity contribution in [2.45, 2.75) is 0 Å². The van der Waals surface area contributed by atoms with Gasteiger partial charge in [-0.25, -0.2) is 0 Å². The molecule has 0 spiro atoms. The molecule has 7 nitrogen and oxygen atoms in total. The third kappa shape index (κ3) is 2.33. The SMILES string of the molecule is CN([O-])c1cc(N)c2ccc3c(N)cc(PN(N)N)c4ccc1c2c34. The van der Waals surface area contributed by atoms with Crippen molar-refractivity contribution in [2.24, 2.45) is 11.7 Å². The summed E-state index contributed by atoms with van der Waals surface area (Å²) in [6.45, 7) is 0. The Hall–Kier alpha value is -2.41. The highest BCUT2D eigenvalue weighted by molar-refractivity contribution is 7.45. The van der Waals surface area contributed by atoms with Crippen molar-refractivity contribution in [1.29, 1.82) is 0 Å². The van der Waals surface area contributed by atoms with E-state index in [-0.39, 0.29) is 8.73 Å². The van der Waals surface area contributed by atoms with Gasteiger partial charge in [0, 0.05) is 58.0 Å². The van der Waals surface area contributed by atoms with E-state index in [0.717, 1.165) is 47.6 Å². The van der Waals surface area contributed by atoms with Crippen LogP contribution in [0.3, 0.4) is 0 Å². The number of hydroxylamine groups is 1. The molecule has 0 aliphatic carbocycles. The fourth-order valence-electron chi connectivity index (χ4n) is 3.52. The van der Waals surface area contributed by atoms with Crippen molar-refractivity contribution in [2.75, 3.05) is 23.6 Å². The van der Waals surface area contributed by atoms with Gasteiger partial charge in [0.15, 0.2) is 0 Å². The number of hydrogen-bond donors (Lipinski definition) is 4. The minimum Gasteiger partial charge on any atom is -0.758 e. The quantitative estimate of drug-likeness (QED) is 0.145. The van der Waals surface area contributed by atoms with Gasteiger partial charge in [0.25, 0.3) is 0 Å². The first-order chi connectivity index (χ1) is 11.9. The van der Waals surface area contributed by atoms with Crippen LogP contribution in [0.5, 0.6) is 0 Å². The van der Waals surface area contributed by atoms with Crippen LogP contribution in [-0.2, 0) is 0 Å². The number of hydrogen-bond acceptors (Lipinski definition) is 7. The largest absolute Gasteiger partial charge is 0.758 e. The molecule has 1 atom stereocenters. The van der Waals surface area contributed by atoms with Crippen LogP contribution in [-0.4, -0.2) is 11.9 Å². The van der Waals surface area contributed by atoms with Crippen LogP contribution < -0.4 is 33.5 Å². The van der Waals surface area contributed by atoms with Crippen molar-refractivity contribution in [1.82, 2.24) is 4.89 Å². The highest BCUT2D eigenvalue weighted by Crippen LogP contribution is 2.43. The molecule has 0 aliphatic heterocycles. The Labute approximate surface area is 145 Å². The zero-order valence-electron chi connectivity index (χ0n) is 13.6. The highest BCUT2D eigenvalue weighted by atomic mass is 31.1. The zero-order chi connectivity index (χ0) is 17.9. The van der Waals surface area contributed by atoms with E-state index in [1.807, 2.05) is 30.3 Å². The van der Waals surface area contributed by atoms with Gasteiger partial charge in [-0.3, -0.25) is 11.7 Å². The summed E-state index contributed by atoms with van der Waals surface area (Å²) in [7, 11) is 1.54. The molecule has 0 fully saturated rings. The van der Waals surface area contributed by atoms with Gasteiger partial charge in [0.2, 0.25) is 0 Å². The molecule has 4 aromatic carbocycles. The lowest BCUT2D eigenvalue weighted by Crippen LogP contribution is -2.31. The molecule has 0 radical (unpaired) electrons. The number of nitrogen functional groups attached to an aromatic ring is 2. The maximum absolute atomic E-state index is 12.0. The standard InChI is InChI=1S/C17H18N6OP/c1-22(24)14-6-12(18)8-2-3-9-13(19)7-15(25-23(20)21)11-5-4-10(14)16(8)17(9)11/h2-7,25H,18-21H2,1H3/q-1. The molecule has 0 bridgehead atoms. The Morgan fingerprint density at radius 2 is 1.36 bits per heavy atom. The molecule has 8 heteroatoms. The van der Waals surface area contributed by atoms with E-state index in [2.05, 4.69) is 0 Å². The molecule has 0 heterocycles. The Kier molecular flexibility index (Phi) is 3.57. The first-order valence-electron chi connectivity index (χ1n) is 7.65. The second-order valence-corrected chi connectivity index (χ2v) is 7.36. The number of nitrogens with zero attached hydrogens (tertiary/aromatic N) is 2. The first kappa shape index (κ1) is 16.1. The number of anilines is 3. The Morgan fingerprint density at radius 3 is 1.96 bits per heavy atom. The van der Waals surface area contributed by atoms with Gasteiger partial charge < -0.3 is 21.7 Å². The van der Waals surface area contributed by atoms with Crippen molar-refractivity contribution in [3.63, 3.8) is 0 Å². The van der Waals surface area contributed by atoms with Crippen LogP contribution >= 0.6 is 8.73 Å². The maximum atomic E-state index is 12.0. The Balaban J connectivity index is 2.25. The molecule has 0 aromatic heterocycles. The van der Waals surface area contributed by atoms with Gasteiger partial charge in [-0.05, 0) is 24.6 Å². The van der Waals surface area contributed by atoms with Crippen LogP contribution in [0, 0.1) is 5.21 Å². The van der Waals surface area contributed by atoms with Gasteiger partial charge in [-0.15, -0.1) is 0 Å². The molecule has 0 saturated carbocycles. The van der Waals surface area contributed by atoms with Gasteiger partial charge >= 0.3 is 0 Å². The summed E-state index contributed by atoms with van der Waals surface area (Å²) >= 11 is 0. The van der Waals surface area contributed by atoms with E-state index in [1.54, 1.807) is 6.07 Å². The molecule has 25 heavy (non-hydrogen) atoms. The smallest absolute Gasteiger partial charge is 0.0414 e. The van der Waals surface area contributed by atoms with Crippen LogP contribution in [0.2, 0.25) is 0 Å². The monoisotopic (exact) mass is 353 g/mol. The molecule has 0 amide bonds. The topological polar surface area (TPSA) is 134 Å². The number of benzene rings is 4. The van der Waals surface area contributed by atoms with Crippen LogP contribution in [0.25, 0.3) is 32.3 Å². The molecule has 128 valence electrons. The predicted octanol–water partition coefficient (Wildman–Crippen LogP) is 1.95. The molecular formula is C17H18N6OP-. The summed E-state index contributed by atoms with van der Waals surface area (Å²) in [5.41, 5.74) is 14.2. The van der Waals surface area contributed by atoms with Crippen molar-refractivity contribution < 1.29 is 0 Å². The summed E-state index contributed by atoms with van der Waals surface area (Å²) in [5, 5.41) is 19.4. The van der Waals surface area contributed by atoms with Crippen molar-refractivity contribution >= 4 is 63.4 Å². The minimum absolute atomic E-state index is 0.0707. The Bertz CT molecular complexity index is 1110. The average Bonchev–Trinajstić information content (AvgIpc) is 2.55. The highest BCUT2D eigenvalue weighted by Gasteiger charge is 2.17. The molecule has 4 aromatic rings. The lowest BCUT2D eigenvalue weighted by molar-refractivity contribution is 0.524. The fraction of sp³-hybridized carbons (Fsp3) is 0.0588. The summed E-state index contributed by atoms with van der Waals surface area (Å²) in [6, 6.07) is 11.4. The average molecular weight is 353 g/mol. The van der Waals surface area contributed by atoms with Crippen LogP contribution in [0.15, 0.2) is 36.4 Å². The van der Waals surface area contributed by atoms with E-state index < -0.39 is 0 Å². The third-order valence-electron chi connectivity index (χ3n) is 4.53. The lowest BCUT2D eigenvalue weighted by atomic mass is 9.92. The maximum Gasteiger partial charge on any atom is 0.0414 e. The Morgan fingerprint density at radius 1 is 0.840 bits per heavy atom. The number of nitrogens with two attached hydrogens (primary N) is 4. The summed E-state index contributed by atoms with van der Waals surface area (Å²) in [6.07, 6.45) is 0. The molecule has 4 rings (SSSR count). The molecule has 0 aliphatic rings. The molecule has 0 saturated heterocycles. The number of rotatable bonds is 3. The minimum atomic E-state index is 0.0707. The van der Waals surface area contributed by atoms with Crippen LogP contribution in [0.4, 0.5) is 17.1 Å². The summed E-state index contributed by atoms with van der Waals surface area (Å²) in [5.74, 6) is 11.3. The zero-order valence-corrected chi connectivity index (χ0v) is 14.6. The third-order valence-corrected chi connectivity index (χ3v) is 5.44. The van der Waals surface area contributed by atoms with Gasteiger partial charge in [0.05, 0.1) is 0 Å². The molecular weight excluding hydrogens is 335 g/mol. The van der Waals surface area contributed by atoms with Gasteiger partial charge in [-0.2, -0.15) is 4.89 Å². The van der Waals surface area contributed by atoms with Gasteiger partial charge in [-0.1, -0.05) is 24.3 Å². The van der Waals surface area contributed by atoms with Crippen molar-refractivity contribution in [3.8, 4) is 0 Å². The van der Waals surface area contributed by atoms with E-state index in [0.29, 0.717) is 17.1 Å². The molecule has 8 N–H and O–H groups in total. The normalized spacial score (nSPS) is 12.5. The lowest BCUT2D eigenvalue weighted by Gasteiger charge is -2.28. The van der Waals surface area contributed by atoms with Crippen molar-refractivity contribution in [3.05, 3.63) is 41.6 Å². The van der Waals surface area contributed by atoms with E-state index in [4.69, 9.17) is 23.2 Å². The van der Waals surface area contributed by atoms with Crippen LogP contribution in [0.1, 0.15) is 0 Å². The van der Waals surface area contributed by atoms with E-state index in [9.17, 15) is 5.21 Å². The molecule has 1 unspecified atom stereocenters. The second-order valence-electron chi connectivity index (χ2n) is 6.09.